The second-order valence-electron chi connectivity index (χ2n) is 5.65. The highest BCUT2D eigenvalue weighted by molar-refractivity contribution is 5.65. The number of rotatable bonds is 0. The van der Waals surface area contributed by atoms with Crippen LogP contribution >= 0.6 is 0 Å². The van der Waals surface area contributed by atoms with Gasteiger partial charge >= 0.3 is 0 Å². The number of aromatic nitrogens is 3. The first-order valence-electron chi connectivity index (χ1n) is 8.03. The van der Waals surface area contributed by atoms with Gasteiger partial charge < -0.3 is 15.4 Å². The topological polar surface area (TPSA) is 63.5 Å². The molecule has 124 valence electrons. The second kappa shape index (κ2) is 6.45. The molecule has 4 rings (SSSR count). The maximum atomic E-state index is 14.4. The molecule has 1 aliphatic heterocycles. The predicted octanol–water partition coefficient (Wildman–Crippen LogP) is 2.32. The van der Waals surface area contributed by atoms with Gasteiger partial charge in [-0.2, -0.15) is 0 Å². The van der Waals surface area contributed by atoms with Gasteiger partial charge in [0.15, 0.2) is 5.65 Å². The molecular weight excluding hydrogens is 309 g/mol. The zero-order valence-electron chi connectivity index (χ0n) is 13.1. The number of imidazole rings is 1. The monoisotopic (exact) mass is 327 g/mol. The molecule has 1 aromatic carbocycles. The summed E-state index contributed by atoms with van der Waals surface area (Å²) in [5, 5.41) is 11.1. The van der Waals surface area contributed by atoms with E-state index in [1.54, 1.807) is 22.8 Å². The van der Waals surface area contributed by atoms with Crippen molar-refractivity contribution in [1.82, 2.24) is 19.9 Å². The van der Waals surface area contributed by atoms with Crippen LogP contribution in [0.1, 0.15) is 6.42 Å². The molecule has 3 aromatic rings. The standard InChI is InChI=1S/C17H18FN5O/c18-14-3-2-12-10-13(14)15-11-21-17-5-4-16(22-23(15)17)20-7-1-6-19-8-9-24-12/h2-5,10-11,19H,1,6-9H2,(H,20,22). The highest BCUT2D eigenvalue weighted by Gasteiger charge is 2.14. The average molecular weight is 327 g/mol. The molecule has 4 bridgehead atoms. The molecule has 24 heavy (non-hydrogen) atoms. The summed E-state index contributed by atoms with van der Waals surface area (Å²) in [6, 6.07) is 8.50. The minimum absolute atomic E-state index is 0.327. The Labute approximate surface area is 138 Å². The Morgan fingerprint density at radius 3 is 3.04 bits per heavy atom. The van der Waals surface area contributed by atoms with E-state index >= 15 is 0 Å². The first kappa shape index (κ1) is 14.9. The van der Waals surface area contributed by atoms with Gasteiger partial charge in [0.25, 0.3) is 0 Å². The number of nitrogens with zero attached hydrogens (tertiary/aromatic N) is 3. The molecule has 3 heterocycles. The Morgan fingerprint density at radius 2 is 2.08 bits per heavy atom. The van der Waals surface area contributed by atoms with Crippen LogP contribution in [-0.2, 0) is 0 Å². The Balaban J connectivity index is 1.82. The lowest BCUT2D eigenvalue weighted by atomic mass is 10.1. The van der Waals surface area contributed by atoms with Crippen molar-refractivity contribution in [2.75, 3.05) is 31.6 Å². The third-order valence-electron chi connectivity index (χ3n) is 3.96. The SMILES string of the molecule is Fc1ccc2cc1-c1cnc3ccc(nn13)NCCCNCCO2. The van der Waals surface area contributed by atoms with Crippen LogP contribution in [0.3, 0.4) is 0 Å². The van der Waals surface area contributed by atoms with E-state index in [2.05, 4.69) is 20.7 Å². The first-order valence-corrected chi connectivity index (χ1v) is 8.03. The van der Waals surface area contributed by atoms with E-state index in [9.17, 15) is 4.39 Å². The van der Waals surface area contributed by atoms with Gasteiger partial charge in [0.2, 0.25) is 0 Å². The van der Waals surface area contributed by atoms with Crippen molar-refractivity contribution in [3.05, 3.63) is 42.3 Å². The summed E-state index contributed by atoms with van der Waals surface area (Å²) in [5.74, 6) is 1.04. The lowest BCUT2D eigenvalue weighted by Crippen LogP contribution is -2.23. The Morgan fingerprint density at radius 1 is 1.12 bits per heavy atom. The van der Waals surface area contributed by atoms with Crippen LogP contribution in [-0.4, -0.2) is 40.8 Å². The summed E-state index contributed by atoms with van der Waals surface area (Å²) in [4.78, 5) is 4.32. The summed E-state index contributed by atoms with van der Waals surface area (Å²) in [6.45, 7) is 2.98. The fourth-order valence-corrected chi connectivity index (χ4v) is 2.74. The fourth-order valence-electron chi connectivity index (χ4n) is 2.74. The van der Waals surface area contributed by atoms with Gasteiger partial charge in [0.1, 0.15) is 24.0 Å². The van der Waals surface area contributed by atoms with E-state index in [0.717, 1.165) is 31.9 Å². The first-order chi connectivity index (χ1) is 11.8. The van der Waals surface area contributed by atoms with Gasteiger partial charge in [-0.1, -0.05) is 0 Å². The predicted molar refractivity (Wildman–Crippen MR) is 89.9 cm³/mol. The van der Waals surface area contributed by atoms with E-state index in [1.165, 1.54) is 6.07 Å². The lowest BCUT2D eigenvalue weighted by Gasteiger charge is -2.09. The van der Waals surface area contributed by atoms with Crippen molar-refractivity contribution < 1.29 is 9.13 Å². The van der Waals surface area contributed by atoms with Crippen LogP contribution in [0.5, 0.6) is 5.75 Å². The average Bonchev–Trinajstić information content (AvgIpc) is 3.01. The molecule has 0 spiro atoms. The van der Waals surface area contributed by atoms with Gasteiger partial charge in [-0.3, -0.25) is 0 Å². The van der Waals surface area contributed by atoms with E-state index in [0.29, 0.717) is 29.3 Å². The van der Waals surface area contributed by atoms with Gasteiger partial charge in [0, 0.05) is 18.7 Å². The number of nitrogens with one attached hydrogen (secondary N) is 2. The van der Waals surface area contributed by atoms with Crippen molar-refractivity contribution in [2.45, 2.75) is 6.42 Å². The van der Waals surface area contributed by atoms with Crippen LogP contribution in [0.15, 0.2) is 36.5 Å². The lowest BCUT2D eigenvalue weighted by molar-refractivity contribution is 0.314. The van der Waals surface area contributed by atoms with Crippen molar-refractivity contribution in [2.24, 2.45) is 0 Å². The smallest absolute Gasteiger partial charge is 0.154 e. The fraction of sp³-hybridized carbons (Fsp3) is 0.294. The maximum absolute atomic E-state index is 14.4. The molecule has 0 saturated carbocycles. The third-order valence-corrected chi connectivity index (χ3v) is 3.96. The summed E-state index contributed by atoms with van der Waals surface area (Å²) in [6.07, 6.45) is 2.60. The van der Waals surface area contributed by atoms with E-state index in [1.807, 2.05) is 12.1 Å². The van der Waals surface area contributed by atoms with Crippen LogP contribution in [0, 0.1) is 5.82 Å². The number of anilines is 1. The number of benzene rings is 1. The minimum Gasteiger partial charge on any atom is -0.492 e. The molecule has 0 radical (unpaired) electrons. The molecule has 1 aliphatic rings. The summed E-state index contributed by atoms with van der Waals surface area (Å²) in [7, 11) is 0. The van der Waals surface area contributed by atoms with E-state index in [-0.39, 0.29) is 5.82 Å². The van der Waals surface area contributed by atoms with Gasteiger partial charge in [-0.15, -0.1) is 5.10 Å². The molecule has 0 amide bonds. The Bertz CT molecular complexity index is 863. The number of hydrogen-bond donors (Lipinski definition) is 2. The zero-order valence-corrected chi connectivity index (χ0v) is 13.1. The number of fused-ring (bicyclic) bond motifs is 4. The molecule has 0 aliphatic carbocycles. The largest absolute Gasteiger partial charge is 0.492 e. The normalized spacial score (nSPS) is 15.4. The Hall–Kier alpha value is -2.67. The molecule has 2 N–H and O–H groups in total. The van der Waals surface area contributed by atoms with Crippen molar-refractivity contribution >= 4 is 11.5 Å². The number of hydrogen-bond acceptors (Lipinski definition) is 5. The number of halogens is 1. The highest BCUT2D eigenvalue weighted by atomic mass is 19.1. The van der Waals surface area contributed by atoms with E-state index in [4.69, 9.17) is 4.74 Å². The summed E-state index contributed by atoms with van der Waals surface area (Å²) in [5.41, 5.74) is 1.70. The quantitative estimate of drug-likeness (QED) is 0.663. The van der Waals surface area contributed by atoms with Crippen LogP contribution in [0.2, 0.25) is 0 Å². The summed E-state index contributed by atoms with van der Waals surface area (Å²) >= 11 is 0. The summed E-state index contributed by atoms with van der Waals surface area (Å²) < 4.78 is 21.7. The van der Waals surface area contributed by atoms with Crippen LogP contribution in [0.4, 0.5) is 10.2 Å². The van der Waals surface area contributed by atoms with Crippen molar-refractivity contribution in [1.29, 1.82) is 0 Å². The molecule has 0 saturated heterocycles. The maximum Gasteiger partial charge on any atom is 0.154 e. The second-order valence-corrected chi connectivity index (χ2v) is 5.65. The Kier molecular flexibility index (Phi) is 4.00. The molecule has 0 unspecified atom stereocenters. The van der Waals surface area contributed by atoms with Crippen molar-refractivity contribution in [3.63, 3.8) is 0 Å². The highest BCUT2D eigenvalue weighted by Crippen LogP contribution is 2.27. The minimum atomic E-state index is -0.327. The van der Waals surface area contributed by atoms with E-state index < -0.39 is 0 Å². The molecule has 6 nitrogen and oxygen atoms in total. The number of ether oxygens (including phenoxy) is 1. The third kappa shape index (κ3) is 2.90. The molecule has 0 fully saturated rings. The molecule has 7 heteroatoms. The van der Waals surface area contributed by atoms with Crippen molar-refractivity contribution in [3.8, 4) is 17.0 Å². The van der Waals surface area contributed by atoms with Gasteiger partial charge in [-0.05, 0) is 43.3 Å². The van der Waals surface area contributed by atoms with Crippen LogP contribution in [0.25, 0.3) is 16.9 Å². The zero-order chi connectivity index (χ0) is 16.4. The molecule has 2 aromatic heterocycles. The van der Waals surface area contributed by atoms with Gasteiger partial charge in [0.05, 0.1) is 11.9 Å². The molecular formula is C17H18FN5O. The van der Waals surface area contributed by atoms with Gasteiger partial charge in [-0.25, -0.2) is 13.9 Å². The molecule has 0 atom stereocenters. The van der Waals surface area contributed by atoms with Crippen LogP contribution < -0.4 is 15.4 Å².